The lowest BCUT2D eigenvalue weighted by Gasteiger charge is -2.19. The van der Waals surface area contributed by atoms with Crippen LogP contribution in [-0.2, 0) is 11.8 Å². The Hall–Kier alpha value is -7.28. The summed E-state index contributed by atoms with van der Waals surface area (Å²) in [7, 11) is 7.76. The summed E-state index contributed by atoms with van der Waals surface area (Å²) in [5.41, 5.74) is 12.1. The second kappa shape index (κ2) is 17.4. The molecule has 2 atom stereocenters. The number of pyridine rings is 1. The summed E-state index contributed by atoms with van der Waals surface area (Å²) in [5, 5.41) is 8.57. The van der Waals surface area contributed by atoms with Crippen LogP contribution in [-0.4, -0.2) is 99.8 Å². The summed E-state index contributed by atoms with van der Waals surface area (Å²) in [6, 6.07) is 30.0. The predicted molar refractivity (Wildman–Crippen MR) is 250 cm³/mol. The van der Waals surface area contributed by atoms with E-state index in [9.17, 15) is 4.79 Å². The molecule has 2 N–H and O–H groups in total. The number of nitrogens with one attached hydrogen (secondary N) is 2. The zero-order valence-electron chi connectivity index (χ0n) is 35.8. The number of methoxy groups -OCH3 is 1. The molecule has 0 spiro atoms. The Bertz CT molecular complexity index is 2880. The standard InChI is InChI=1S/C26H24N6.C23H27N5O2/c1-31-12-7-18-5-6-19(14-24(18)31)22-15-21(16-23-26(22)29-11-10-27-23)30-20-8-13-32(17-20)25-4-2-3-9-28-25;1-15(29)28-10-7-17(14-28)26-18-12-19(23-20(13-18)24-8-9-25-23)16-5-6-22(30-4)21(11-16)27(2)3/h2-7,9-12,14-16,20,30H,8,13,17H2,1H3;5-6,8-9,11-13,17,26H,7,10,14H2,1-4H3/t20-;17-/m00/s1. The van der Waals surface area contributed by atoms with E-state index < -0.39 is 0 Å². The Morgan fingerprint density at radius 2 is 1.35 bits per heavy atom. The molecule has 4 aromatic heterocycles. The lowest BCUT2D eigenvalue weighted by Crippen LogP contribution is -2.29. The van der Waals surface area contributed by atoms with E-state index in [4.69, 9.17) is 4.74 Å². The first-order chi connectivity index (χ1) is 30.2. The van der Waals surface area contributed by atoms with Gasteiger partial charge in [-0.2, -0.15) is 0 Å². The Kier molecular flexibility index (Phi) is 11.2. The van der Waals surface area contributed by atoms with Gasteiger partial charge in [0.1, 0.15) is 11.6 Å². The number of carbonyl (C=O) groups is 1. The lowest BCUT2D eigenvalue weighted by atomic mass is 10.0. The fourth-order valence-corrected chi connectivity index (χ4v) is 8.66. The van der Waals surface area contributed by atoms with Crippen LogP contribution in [0.2, 0.25) is 0 Å². The third kappa shape index (κ3) is 8.38. The maximum Gasteiger partial charge on any atom is 0.219 e. The van der Waals surface area contributed by atoms with Crippen molar-refractivity contribution in [3.8, 4) is 28.0 Å². The van der Waals surface area contributed by atoms with Gasteiger partial charge >= 0.3 is 0 Å². The second-order valence-electron chi connectivity index (χ2n) is 16.2. The fourth-order valence-electron chi connectivity index (χ4n) is 8.66. The molecule has 62 heavy (non-hydrogen) atoms. The van der Waals surface area contributed by atoms with Crippen molar-refractivity contribution >= 4 is 61.8 Å². The number of anilines is 4. The summed E-state index contributed by atoms with van der Waals surface area (Å²) in [6.45, 7) is 5.06. The second-order valence-corrected chi connectivity index (χ2v) is 16.2. The van der Waals surface area contributed by atoms with Gasteiger partial charge in [-0.25, -0.2) is 4.98 Å². The summed E-state index contributed by atoms with van der Waals surface area (Å²) in [5.74, 6) is 1.99. The predicted octanol–water partition coefficient (Wildman–Crippen LogP) is 8.28. The molecule has 4 aromatic carbocycles. The molecule has 10 rings (SSSR count). The van der Waals surface area contributed by atoms with E-state index in [1.807, 2.05) is 60.4 Å². The van der Waals surface area contributed by atoms with Gasteiger partial charge in [-0.3, -0.25) is 24.7 Å². The molecular weight excluding hydrogens is 775 g/mol. The number of hydrogen-bond acceptors (Lipinski definition) is 11. The van der Waals surface area contributed by atoms with Crippen LogP contribution in [0.4, 0.5) is 22.9 Å². The molecule has 13 nitrogen and oxygen atoms in total. The van der Waals surface area contributed by atoms with Crippen molar-refractivity contribution in [2.75, 3.05) is 67.8 Å². The number of benzene rings is 4. The third-order valence-corrected chi connectivity index (χ3v) is 11.9. The number of ether oxygens (including phenoxy) is 1. The molecule has 0 unspecified atom stereocenters. The third-order valence-electron chi connectivity index (χ3n) is 11.9. The van der Waals surface area contributed by atoms with Crippen molar-refractivity contribution in [1.82, 2.24) is 34.4 Å². The molecular formula is C49H51N11O2. The number of rotatable bonds is 9. The van der Waals surface area contributed by atoms with Crippen LogP contribution in [0.25, 0.3) is 55.2 Å². The van der Waals surface area contributed by atoms with Gasteiger partial charge in [-0.1, -0.05) is 24.3 Å². The number of hydrogen-bond donors (Lipinski definition) is 2. The van der Waals surface area contributed by atoms with Crippen molar-refractivity contribution in [3.05, 3.63) is 122 Å². The molecule has 0 bridgehead atoms. The van der Waals surface area contributed by atoms with Crippen molar-refractivity contribution in [2.24, 2.45) is 7.05 Å². The minimum absolute atomic E-state index is 0.124. The van der Waals surface area contributed by atoms with E-state index in [-0.39, 0.29) is 11.9 Å². The van der Waals surface area contributed by atoms with Crippen LogP contribution in [0.3, 0.4) is 0 Å². The van der Waals surface area contributed by atoms with Gasteiger partial charge in [-0.15, -0.1) is 0 Å². The molecule has 2 aliphatic heterocycles. The van der Waals surface area contributed by atoms with E-state index in [0.29, 0.717) is 6.04 Å². The first-order valence-electron chi connectivity index (χ1n) is 21.1. The zero-order chi connectivity index (χ0) is 42.7. The first kappa shape index (κ1) is 40.1. The van der Waals surface area contributed by atoms with Gasteiger partial charge in [0.25, 0.3) is 0 Å². The molecule has 2 fully saturated rings. The highest BCUT2D eigenvalue weighted by Gasteiger charge is 2.25. The van der Waals surface area contributed by atoms with Crippen LogP contribution < -0.4 is 25.2 Å². The largest absolute Gasteiger partial charge is 0.495 e. The Balaban J connectivity index is 0.000000159. The average molecular weight is 826 g/mol. The maximum absolute atomic E-state index is 11.7. The molecule has 2 aliphatic rings. The molecule has 8 aromatic rings. The van der Waals surface area contributed by atoms with Crippen LogP contribution in [0, 0.1) is 0 Å². The lowest BCUT2D eigenvalue weighted by molar-refractivity contribution is -0.127. The van der Waals surface area contributed by atoms with E-state index >= 15 is 0 Å². The topological polar surface area (TPSA) is 129 Å². The number of aromatic nitrogens is 6. The molecule has 0 radical (unpaired) electrons. The monoisotopic (exact) mass is 825 g/mol. The van der Waals surface area contributed by atoms with E-state index in [1.165, 1.54) is 10.9 Å². The summed E-state index contributed by atoms with van der Waals surface area (Å²) < 4.78 is 7.66. The number of likely N-dealkylation sites (tertiary alicyclic amines) is 1. The van der Waals surface area contributed by atoms with Crippen molar-refractivity contribution < 1.29 is 9.53 Å². The smallest absolute Gasteiger partial charge is 0.219 e. The molecule has 2 saturated heterocycles. The molecule has 1 amide bonds. The molecule has 0 aliphatic carbocycles. The summed E-state index contributed by atoms with van der Waals surface area (Å²) in [6.07, 6.45) is 12.9. The maximum atomic E-state index is 11.7. The number of nitrogens with zero attached hydrogens (tertiary/aromatic N) is 9. The summed E-state index contributed by atoms with van der Waals surface area (Å²) >= 11 is 0. The minimum atomic E-state index is 0.124. The fraction of sp³-hybridized carbons (Fsp3) is 0.265. The average Bonchev–Trinajstić information content (AvgIpc) is 4.07. The van der Waals surface area contributed by atoms with Crippen molar-refractivity contribution in [1.29, 1.82) is 0 Å². The Morgan fingerprint density at radius 1 is 0.710 bits per heavy atom. The molecule has 13 heteroatoms. The highest BCUT2D eigenvalue weighted by atomic mass is 16.5. The quantitative estimate of drug-likeness (QED) is 0.146. The van der Waals surface area contributed by atoms with Gasteiger partial charge in [0.2, 0.25) is 5.91 Å². The normalized spacial score (nSPS) is 16.1. The van der Waals surface area contributed by atoms with Crippen LogP contribution in [0.1, 0.15) is 19.8 Å². The number of carbonyl (C=O) groups excluding carboxylic acids is 1. The minimum Gasteiger partial charge on any atom is -0.495 e. The zero-order valence-corrected chi connectivity index (χ0v) is 35.8. The van der Waals surface area contributed by atoms with E-state index in [1.54, 1.807) is 38.8 Å². The van der Waals surface area contributed by atoms with Crippen LogP contribution >= 0.6 is 0 Å². The molecule has 0 saturated carbocycles. The van der Waals surface area contributed by atoms with Gasteiger partial charge in [0, 0.05) is 132 Å². The number of fused-ring (bicyclic) bond motifs is 3. The van der Waals surface area contributed by atoms with Gasteiger partial charge < -0.3 is 34.6 Å². The van der Waals surface area contributed by atoms with Gasteiger partial charge in [0.05, 0.1) is 34.9 Å². The molecule has 6 heterocycles. The first-order valence-corrected chi connectivity index (χ1v) is 21.1. The highest BCUT2D eigenvalue weighted by molar-refractivity contribution is 5.97. The SMILES string of the molecule is COc1ccc(-c2cc(N[C@H]3CCN(C(C)=O)C3)cc3nccnc23)cc1N(C)C.Cn1ccc2ccc(-c3cc(N[C@H]4CCN(c5ccccn5)C4)cc4nccnc34)cc21. The van der Waals surface area contributed by atoms with Crippen LogP contribution in [0.15, 0.2) is 122 Å². The summed E-state index contributed by atoms with van der Waals surface area (Å²) in [4.78, 5) is 40.8. The van der Waals surface area contributed by atoms with Gasteiger partial charge in [-0.05, 0) is 90.0 Å². The Morgan fingerprint density at radius 3 is 1.98 bits per heavy atom. The van der Waals surface area contributed by atoms with E-state index in [0.717, 1.165) is 112 Å². The highest BCUT2D eigenvalue weighted by Crippen LogP contribution is 2.37. The Labute approximate surface area is 361 Å². The van der Waals surface area contributed by atoms with Crippen LogP contribution in [0.5, 0.6) is 5.75 Å². The van der Waals surface area contributed by atoms with Crippen molar-refractivity contribution in [2.45, 2.75) is 31.8 Å². The van der Waals surface area contributed by atoms with Crippen molar-refractivity contribution in [3.63, 3.8) is 0 Å². The van der Waals surface area contributed by atoms with E-state index in [2.05, 4.69) is 113 Å². The molecule has 314 valence electrons. The van der Waals surface area contributed by atoms with Gasteiger partial charge in [0.15, 0.2) is 0 Å². The number of aryl methyl sites for hydroxylation is 1. The number of amides is 1.